The number of sulfonamides is 1. The first-order valence-electron chi connectivity index (χ1n) is 6.18. The Labute approximate surface area is 119 Å². The van der Waals surface area contributed by atoms with E-state index in [0.717, 1.165) is 18.7 Å². The maximum Gasteiger partial charge on any atom is 0.243 e. The number of aryl methyl sites for hydroxylation is 1. The first-order valence-corrected chi connectivity index (χ1v) is 9.05. The molecule has 6 nitrogen and oxygen atoms in total. The molecule has 1 rings (SSSR count). The molecular weight excluding hydrogens is 284 g/mol. The van der Waals surface area contributed by atoms with Gasteiger partial charge in [0.2, 0.25) is 10.0 Å². The molecule has 0 saturated carbocycles. The zero-order valence-electron chi connectivity index (χ0n) is 11.6. The fourth-order valence-electron chi connectivity index (χ4n) is 1.64. The van der Waals surface area contributed by atoms with Crippen LogP contribution in [0.2, 0.25) is 0 Å². The van der Waals surface area contributed by atoms with Crippen molar-refractivity contribution in [1.82, 2.24) is 19.8 Å². The van der Waals surface area contributed by atoms with Gasteiger partial charge in [-0.1, -0.05) is 0 Å². The summed E-state index contributed by atoms with van der Waals surface area (Å²) < 4.78 is 28.4. The van der Waals surface area contributed by atoms with E-state index in [9.17, 15) is 8.42 Å². The quantitative estimate of drug-likeness (QED) is 0.651. The number of rotatable bonds is 9. The third-order valence-corrected chi connectivity index (χ3v) is 4.88. The summed E-state index contributed by atoms with van der Waals surface area (Å²) in [7, 11) is -1.57. The summed E-state index contributed by atoms with van der Waals surface area (Å²) in [5, 5.41) is 7.11. The minimum atomic E-state index is -3.45. The fraction of sp³-hybridized carbons (Fsp3) is 0.727. The first kappa shape index (κ1) is 16.5. The van der Waals surface area contributed by atoms with Crippen LogP contribution < -0.4 is 10.0 Å². The van der Waals surface area contributed by atoms with Gasteiger partial charge in [0.05, 0.1) is 6.20 Å². The van der Waals surface area contributed by atoms with Crippen LogP contribution in [-0.2, 0) is 16.6 Å². The molecule has 19 heavy (non-hydrogen) atoms. The molecule has 110 valence electrons. The van der Waals surface area contributed by atoms with Gasteiger partial charge in [0.1, 0.15) is 4.90 Å². The fourth-order valence-corrected chi connectivity index (χ4v) is 3.52. The molecule has 1 heterocycles. The monoisotopic (exact) mass is 306 g/mol. The molecule has 1 unspecified atom stereocenters. The van der Waals surface area contributed by atoms with Gasteiger partial charge in [-0.2, -0.15) is 16.9 Å². The van der Waals surface area contributed by atoms with Gasteiger partial charge in [-0.05, 0) is 33.2 Å². The molecule has 0 aliphatic heterocycles. The molecule has 0 aliphatic carbocycles. The Kier molecular flexibility index (Phi) is 6.84. The summed E-state index contributed by atoms with van der Waals surface area (Å²) in [6.45, 7) is 3.44. The highest BCUT2D eigenvalue weighted by Crippen LogP contribution is 2.09. The van der Waals surface area contributed by atoms with E-state index in [2.05, 4.69) is 15.1 Å². The summed E-state index contributed by atoms with van der Waals surface area (Å²) in [6.07, 6.45) is 5.83. The minimum absolute atomic E-state index is 0.0901. The van der Waals surface area contributed by atoms with E-state index in [1.165, 1.54) is 6.20 Å². The van der Waals surface area contributed by atoms with Crippen molar-refractivity contribution >= 4 is 21.8 Å². The zero-order chi connectivity index (χ0) is 14.3. The number of nitrogens with one attached hydrogen (secondary N) is 2. The van der Waals surface area contributed by atoms with Crippen LogP contribution in [0.4, 0.5) is 0 Å². The largest absolute Gasteiger partial charge is 0.320 e. The molecule has 1 aromatic heterocycles. The Morgan fingerprint density at radius 2 is 2.26 bits per heavy atom. The normalized spacial score (nSPS) is 13.6. The Morgan fingerprint density at radius 1 is 1.53 bits per heavy atom. The molecule has 1 aromatic rings. The van der Waals surface area contributed by atoms with Gasteiger partial charge in [0.25, 0.3) is 0 Å². The zero-order valence-corrected chi connectivity index (χ0v) is 13.2. The molecule has 8 heteroatoms. The highest BCUT2D eigenvalue weighted by molar-refractivity contribution is 7.98. The Bertz CT molecular complexity index is 473. The van der Waals surface area contributed by atoms with E-state index in [-0.39, 0.29) is 10.9 Å². The molecule has 0 saturated heterocycles. The van der Waals surface area contributed by atoms with Gasteiger partial charge < -0.3 is 5.32 Å². The first-order chi connectivity index (χ1) is 8.99. The minimum Gasteiger partial charge on any atom is -0.320 e. The van der Waals surface area contributed by atoms with Gasteiger partial charge in [0.15, 0.2) is 0 Å². The van der Waals surface area contributed by atoms with Crippen molar-refractivity contribution in [3.05, 3.63) is 12.4 Å². The van der Waals surface area contributed by atoms with Crippen molar-refractivity contribution in [3.8, 4) is 0 Å². The standard InChI is InChI=1S/C11H22N4O2S2/c1-10(9-18-3)14-19(16,17)11-7-13-15(8-11)6-4-5-12-2/h7-8,10,12,14H,4-6,9H2,1-3H3. The molecule has 0 radical (unpaired) electrons. The van der Waals surface area contributed by atoms with Crippen LogP contribution in [0.1, 0.15) is 13.3 Å². The van der Waals surface area contributed by atoms with Crippen molar-refractivity contribution in [3.63, 3.8) is 0 Å². The smallest absolute Gasteiger partial charge is 0.243 e. The molecule has 0 aromatic carbocycles. The van der Waals surface area contributed by atoms with Crippen molar-refractivity contribution < 1.29 is 8.42 Å². The molecule has 0 fully saturated rings. The van der Waals surface area contributed by atoms with Crippen LogP contribution in [-0.4, -0.2) is 49.8 Å². The van der Waals surface area contributed by atoms with E-state index < -0.39 is 10.0 Å². The second-order valence-corrected chi connectivity index (χ2v) is 7.00. The third kappa shape index (κ3) is 5.52. The van der Waals surface area contributed by atoms with E-state index in [0.29, 0.717) is 6.54 Å². The van der Waals surface area contributed by atoms with Crippen LogP contribution in [0.15, 0.2) is 17.3 Å². The third-order valence-electron chi connectivity index (χ3n) is 2.51. The SMILES string of the molecule is CNCCCn1cc(S(=O)(=O)NC(C)CSC)cn1. The average molecular weight is 306 g/mol. The average Bonchev–Trinajstić information content (AvgIpc) is 2.78. The second-order valence-electron chi connectivity index (χ2n) is 4.37. The number of hydrogen-bond donors (Lipinski definition) is 2. The summed E-state index contributed by atoms with van der Waals surface area (Å²) in [5.74, 6) is 0.746. The van der Waals surface area contributed by atoms with Crippen LogP contribution in [0.5, 0.6) is 0 Å². The maximum atomic E-state index is 12.1. The van der Waals surface area contributed by atoms with E-state index >= 15 is 0 Å². The Balaban J connectivity index is 2.63. The lowest BCUT2D eigenvalue weighted by Gasteiger charge is -2.11. The van der Waals surface area contributed by atoms with Gasteiger partial charge in [0, 0.05) is 24.5 Å². The molecule has 1 atom stereocenters. The van der Waals surface area contributed by atoms with Crippen LogP contribution in [0, 0.1) is 0 Å². The summed E-state index contributed by atoms with van der Waals surface area (Å²) in [4.78, 5) is 0.227. The number of aromatic nitrogens is 2. The Morgan fingerprint density at radius 3 is 2.89 bits per heavy atom. The lowest BCUT2D eigenvalue weighted by molar-refractivity contribution is 0.558. The van der Waals surface area contributed by atoms with Crippen molar-refractivity contribution in [2.45, 2.75) is 30.8 Å². The highest BCUT2D eigenvalue weighted by Gasteiger charge is 2.18. The summed E-state index contributed by atoms with van der Waals surface area (Å²) in [5.41, 5.74) is 0. The van der Waals surface area contributed by atoms with Gasteiger partial charge in [-0.15, -0.1) is 0 Å². The predicted octanol–water partition coefficient (Wildman–Crippen LogP) is 0.522. The summed E-state index contributed by atoms with van der Waals surface area (Å²) in [6, 6.07) is -0.0901. The number of hydrogen-bond acceptors (Lipinski definition) is 5. The van der Waals surface area contributed by atoms with Crippen LogP contribution >= 0.6 is 11.8 Å². The van der Waals surface area contributed by atoms with Crippen molar-refractivity contribution in [2.75, 3.05) is 25.6 Å². The lowest BCUT2D eigenvalue weighted by Crippen LogP contribution is -2.34. The molecular formula is C11H22N4O2S2. The lowest BCUT2D eigenvalue weighted by atomic mass is 10.4. The molecule has 0 aliphatic rings. The highest BCUT2D eigenvalue weighted by atomic mass is 32.2. The van der Waals surface area contributed by atoms with Crippen molar-refractivity contribution in [1.29, 1.82) is 0 Å². The molecule has 0 amide bonds. The van der Waals surface area contributed by atoms with Crippen LogP contribution in [0.3, 0.4) is 0 Å². The number of nitrogens with zero attached hydrogens (tertiary/aromatic N) is 2. The molecule has 2 N–H and O–H groups in total. The van der Waals surface area contributed by atoms with E-state index in [4.69, 9.17) is 0 Å². The van der Waals surface area contributed by atoms with Crippen molar-refractivity contribution in [2.24, 2.45) is 0 Å². The van der Waals surface area contributed by atoms with Gasteiger partial charge in [-0.25, -0.2) is 13.1 Å². The number of thioether (sulfide) groups is 1. The van der Waals surface area contributed by atoms with Gasteiger partial charge in [-0.3, -0.25) is 4.68 Å². The second kappa shape index (κ2) is 7.88. The molecule has 0 bridgehead atoms. The summed E-state index contributed by atoms with van der Waals surface area (Å²) >= 11 is 1.61. The van der Waals surface area contributed by atoms with Gasteiger partial charge >= 0.3 is 0 Å². The molecule has 0 spiro atoms. The van der Waals surface area contributed by atoms with E-state index in [1.54, 1.807) is 22.6 Å². The van der Waals surface area contributed by atoms with Crippen LogP contribution in [0.25, 0.3) is 0 Å². The Hall–Kier alpha value is -0.570. The maximum absolute atomic E-state index is 12.1. The topological polar surface area (TPSA) is 76.0 Å². The predicted molar refractivity (Wildman–Crippen MR) is 78.9 cm³/mol. The van der Waals surface area contributed by atoms with E-state index in [1.807, 2.05) is 20.2 Å².